The summed E-state index contributed by atoms with van der Waals surface area (Å²) < 4.78 is 0. The topological polar surface area (TPSA) is 102 Å². The highest BCUT2D eigenvalue weighted by molar-refractivity contribution is 6.31. The molecule has 2 aliphatic heterocycles. The number of hydrogen-bond donors (Lipinski definition) is 2. The summed E-state index contributed by atoms with van der Waals surface area (Å²) in [6, 6.07) is 11.6. The summed E-state index contributed by atoms with van der Waals surface area (Å²) in [6.45, 7) is 3.74. The average molecular weight is 304 g/mol. The number of aliphatic imine (C=N–C) groups is 1. The highest BCUT2D eigenvalue weighted by Gasteiger charge is 2.33. The minimum Gasteiger partial charge on any atom is -0.382 e. The molecule has 3 N–H and O–H groups in total. The van der Waals surface area contributed by atoms with Gasteiger partial charge in [0.15, 0.2) is 11.7 Å². The molecular weight excluding hydrogens is 288 g/mol. The fraction of sp³-hybridized carbons (Fsp3) is 0.176. The van der Waals surface area contributed by atoms with E-state index in [0.29, 0.717) is 11.3 Å². The SMILES string of the molecule is CC1=CC(C)=N/C(=C2\C(=N)N(c3ccccc3)N=C2N)C1C#N. The maximum absolute atomic E-state index is 9.47. The molecule has 1 unspecified atom stereocenters. The number of nitrogens with two attached hydrogens (primary N) is 1. The van der Waals surface area contributed by atoms with E-state index >= 15 is 0 Å². The summed E-state index contributed by atoms with van der Waals surface area (Å²) >= 11 is 0. The number of amidine groups is 2. The van der Waals surface area contributed by atoms with Gasteiger partial charge < -0.3 is 5.73 Å². The van der Waals surface area contributed by atoms with Gasteiger partial charge in [-0.3, -0.25) is 10.4 Å². The maximum atomic E-state index is 9.47. The number of dihydropyridines is 1. The first-order valence-electron chi connectivity index (χ1n) is 7.18. The molecular formula is C17H16N6. The lowest BCUT2D eigenvalue weighted by atomic mass is 9.91. The smallest absolute Gasteiger partial charge is 0.159 e. The number of hydrogen-bond acceptors (Lipinski definition) is 5. The summed E-state index contributed by atoms with van der Waals surface area (Å²) in [5.74, 6) is -0.172. The Morgan fingerprint density at radius 1 is 1.26 bits per heavy atom. The normalized spacial score (nSPS) is 24.0. The van der Waals surface area contributed by atoms with E-state index in [9.17, 15) is 5.26 Å². The van der Waals surface area contributed by atoms with Crippen LogP contribution in [0.2, 0.25) is 0 Å². The molecule has 0 spiro atoms. The molecule has 0 aromatic heterocycles. The van der Waals surface area contributed by atoms with Gasteiger partial charge in [-0.1, -0.05) is 18.2 Å². The standard InChI is InChI=1S/C17H16N6/c1-10-8-11(2)21-15(13(10)9-18)14-16(19)22-23(17(14)20)12-6-4-3-5-7-12/h3-8,13,20H,1-2H3,(H2,19,22)/b15-14-,20-17?. The van der Waals surface area contributed by atoms with Crippen molar-refractivity contribution in [3.05, 3.63) is 53.3 Å². The first-order valence-corrected chi connectivity index (χ1v) is 7.18. The molecule has 2 aliphatic rings. The highest BCUT2D eigenvalue weighted by Crippen LogP contribution is 2.32. The zero-order chi connectivity index (χ0) is 16.6. The molecule has 0 radical (unpaired) electrons. The molecule has 23 heavy (non-hydrogen) atoms. The molecule has 0 fully saturated rings. The predicted octanol–water partition coefficient (Wildman–Crippen LogP) is 2.57. The summed E-state index contributed by atoms with van der Waals surface area (Å²) in [4.78, 5) is 4.46. The third kappa shape index (κ3) is 2.42. The third-order valence-electron chi connectivity index (χ3n) is 3.76. The molecule has 0 saturated heterocycles. The number of anilines is 1. The molecule has 0 saturated carbocycles. The Bertz CT molecular complexity index is 836. The number of rotatable bonds is 1. The van der Waals surface area contributed by atoms with E-state index in [1.807, 2.05) is 50.3 Å². The largest absolute Gasteiger partial charge is 0.382 e. The average Bonchev–Trinajstić information content (AvgIpc) is 2.82. The summed E-state index contributed by atoms with van der Waals surface area (Å²) in [6.07, 6.45) is 1.87. The summed E-state index contributed by atoms with van der Waals surface area (Å²) in [5, 5.41) is 23.6. The van der Waals surface area contributed by atoms with E-state index in [2.05, 4.69) is 16.2 Å². The second kappa shape index (κ2) is 5.54. The lowest BCUT2D eigenvalue weighted by Gasteiger charge is -2.19. The van der Waals surface area contributed by atoms with Crippen LogP contribution in [0.4, 0.5) is 5.69 Å². The molecule has 114 valence electrons. The quantitative estimate of drug-likeness (QED) is 0.833. The first-order chi connectivity index (χ1) is 11.0. The van der Waals surface area contributed by atoms with Crippen molar-refractivity contribution in [2.45, 2.75) is 13.8 Å². The number of nitrogens with one attached hydrogen (secondary N) is 1. The number of para-hydroxylation sites is 1. The van der Waals surface area contributed by atoms with Gasteiger partial charge in [0, 0.05) is 5.71 Å². The van der Waals surface area contributed by atoms with Crippen LogP contribution >= 0.6 is 0 Å². The van der Waals surface area contributed by atoms with Gasteiger partial charge in [-0.15, -0.1) is 5.10 Å². The van der Waals surface area contributed by atoms with Gasteiger partial charge in [0.25, 0.3) is 0 Å². The van der Waals surface area contributed by atoms with Crippen LogP contribution in [-0.4, -0.2) is 17.4 Å². The van der Waals surface area contributed by atoms with Crippen molar-refractivity contribution in [3.63, 3.8) is 0 Å². The lowest BCUT2D eigenvalue weighted by molar-refractivity contribution is 0.875. The van der Waals surface area contributed by atoms with E-state index < -0.39 is 5.92 Å². The van der Waals surface area contributed by atoms with Crippen LogP contribution in [0.25, 0.3) is 0 Å². The molecule has 1 atom stereocenters. The number of nitrogens with zero attached hydrogens (tertiary/aromatic N) is 4. The molecule has 0 bridgehead atoms. The summed E-state index contributed by atoms with van der Waals surface area (Å²) in [5.41, 5.74) is 9.39. The van der Waals surface area contributed by atoms with Crippen molar-refractivity contribution in [1.82, 2.24) is 0 Å². The van der Waals surface area contributed by atoms with Crippen molar-refractivity contribution in [2.24, 2.45) is 21.7 Å². The van der Waals surface area contributed by atoms with Crippen LogP contribution in [0, 0.1) is 22.7 Å². The van der Waals surface area contributed by atoms with Gasteiger partial charge in [0.05, 0.1) is 23.0 Å². The van der Waals surface area contributed by atoms with E-state index in [1.54, 1.807) is 0 Å². The van der Waals surface area contributed by atoms with Crippen molar-refractivity contribution >= 4 is 23.1 Å². The number of benzene rings is 1. The van der Waals surface area contributed by atoms with Crippen molar-refractivity contribution in [2.75, 3.05) is 5.01 Å². The van der Waals surface area contributed by atoms with Gasteiger partial charge >= 0.3 is 0 Å². The second-order valence-electron chi connectivity index (χ2n) is 5.45. The van der Waals surface area contributed by atoms with Gasteiger partial charge in [-0.2, -0.15) is 5.26 Å². The zero-order valence-corrected chi connectivity index (χ0v) is 12.9. The Labute approximate surface area is 134 Å². The molecule has 1 aromatic carbocycles. The van der Waals surface area contributed by atoms with Crippen LogP contribution in [0.3, 0.4) is 0 Å². The Morgan fingerprint density at radius 3 is 2.61 bits per heavy atom. The predicted molar refractivity (Wildman–Crippen MR) is 91.3 cm³/mol. The lowest BCUT2D eigenvalue weighted by Crippen LogP contribution is -2.25. The minimum atomic E-state index is -0.515. The molecule has 0 aliphatic carbocycles. The van der Waals surface area contributed by atoms with Crippen LogP contribution in [-0.2, 0) is 0 Å². The molecule has 3 rings (SSSR count). The van der Waals surface area contributed by atoms with Crippen LogP contribution < -0.4 is 10.7 Å². The van der Waals surface area contributed by atoms with Crippen LogP contribution in [0.1, 0.15) is 13.8 Å². The minimum absolute atomic E-state index is 0.134. The fourth-order valence-electron chi connectivity index (χ4n) is 2.72. The molecule has 6 heteroatoms. The Morgan fingerprint density at radius 2 is 1.96 bits per heavy atom. The monoisotopic (exact) mass is 304 g/mol. The third-order valence-corrected chi connectivity index (χ3v) is 3.76. The molecule has 0 amide bonds. The number of hydrazone groups is 1. The number of nitriles is 1. The van der Waals surface area contributed by atoms with E-state index in [4.69, 9.17) is 11.1 Å². The van der Waals surface area contributed by atoms with E-state index in [-0.39, 0.29) is 11.7 Å². The van der Waals surface area contributed by atoms with Gasteiger partial charge in [0.2, 0.25) is 0 Å². The Hall–Kier alpha value is -3.20. The summed E-state index contributed by atoms with van der Waals surface area (Å²) in [7, 11) is 0. The first kappa shape index (κ1) is 14.7. The zero-order valence-electron chi connectivity index (χ0n) is 12.9. The van der Waals surface area contributed by atoms with Crippen molar-refractivity contribution in [1.29, 1.82) is 10.7 Å². The van der Waals surface area contributed by atoms with E-state index in [0.717, 1.165) is 17.0 Å². The van der Waals surface area contributed by atoms with Crippen LogP contribution in [0.5, 0.6) is 0 Å². The van der Waals surface area contributed by atoms with E-state index in [1.165, 1.54) is 5.01 Å². The Kier molecular flexibility index (Phi) is 3.54. The highest BCUT2D eigenvalue weighted by atomic mass is 15.5. The maximum Gasteiger partial charge on any atom is 0.159 e. The molecule has 6 nitrogen and oxygen atoms in total. The van der Waals surface area contributed by atoms with Crippen molar-refractivity contribution in [3.8, 4) is 6.07 Å². The second-order valence-corrected chi connectivity index (χ2v) is 5.45. The van der Waals surface area contributed by atoms with Gasteiger partial charge in [-0.05, 0) is 37.6 Å². The number of allylic oxidation sites excluding steroid dienone is 2. The molecule has 2 heterocycles. The Balaban J connectivity index is 2.11. The van der Waals surface area contributed by atoms with Crippen molar-refractivity contribution < 1.29 is 0 Å². The van der Waals surface area contributed by atoms with Gasteiger partial charge in [0.1, 0.15) is 5.92 Å². The fourth-order valence-corrected chi connectivity index (χ4v) is 2.72. The molecule has 1 aromatic rings. The van der Waals surface area contributed by atoms with Gasteiger partial charge in [-0.25, -0.2) is 5.01 Å². The van der Waals surface area contributed by atoms with Crippen LogP contribution in [0.15, 0.2) is 63.3 Å².